The summed E-state index contributed by atoms with van der Waals surface area (Å²) in [6.45, 7) is 6.35. The molecule has 148 valence electrons. The third-order valence-electron chi connectivity index (χ3n) is 5.27. The Hall–Kier alpha value is -1.92. The maximum atomic E-state index is 12.4. The van der Waals surface area contributed by atoms with E-state index in [1.165, 1.54) is 5.56 Å². The second-order valence-electron chi connectivity index (χ2n) is 7.74. The van der Waals surface area contributed by atoms with Gasteiger partial charge in [-0.25, -0.2) is 4.68 Å². The van der Waals surface area contributed by atoms with Crippen molar-refractivity contribution in [2.75, 3.05) is 18.4 Å². The van der Waals surface area contributed by atoms with Crippen molar-refractivity contribution in [3.05, 3.63) is 41.7 Å². The first kappa shape index (κ1) is 21.4. The van der Waals surface area contributed by atoms with Crippen LogP contribution in [0.5, 0.6) is 0 Å². The summed E-state index contributed by atoms with van der Waals surface area (Å²) < 4.78 is 1.68. The molecule has 0 radical (unpaired) electrons. The average Bonchev–Trinajstić information content (AvgIpc) is 3.02. The molecule has 0 saturated carbocycles. The summed E-state index contributed by atoms with van der Waals surface area (Å²) in [5, 5.41) is 10.8. The van der Waals surface area contributed by atoms with Crippen molar-refractivity contribution >= 4 is 24.3 Å². The molecule has 0 unspecified atom stereocenters. The predicted octanol–water partition coefficient (Wildman–Crippen LogP) is 3.40. The Morgan fingerprint density at radius 2 is 1.93 bits per heavy atom. The average molecular weight is 392 g/mol. The van der Waals surface area contributed by atoms with Crippen LogP contribution in [0.1, 0.15) is 56.8 Å². The van der Waals surface area contributed by atoms with Gasteiger partial charge >= 0.3 is 0 Å². The van der Waals surface area contributed by atoms with Crippen LogP contribution in [-0.2, 0) is 17.3 Å². The summed E-state index contributed by atoms with van der Waals surface area (Å²) in [6.07, 6.45) is 3.32. The number of nitrogens with zero attached hydrogens (tertiary/aromatic N) is 3. The molecule has 2 aromatic rings. The third-order valence-corrected chi connectivity index (χ3v) is 5.27. The summed E-state index contributed by atoms with van der Waals surface area (Å²) in [4.78, 5) is 17.0. The highest BCUT2D eigenvalue weighted by molar-refractivity contribution is 5.89. The van der Waals surface area contributed by atoms with Crippen LogP contribution in [0.2, 0.25) is 0 Å². The van der Waals surface area contributed by atoms with Crippen molar-refractivity contribution in [1.29, 1.82) is 0 Å². The van der Waals surface area contributed by atoms with Gasteiger partial charge in [-0.05, 0) is 43.3 Å². The minimum Gasteiger partial charge on any atom is -0.317 e. The van der Waals surface area contributed by atoms with Gasteiger partial charge in [-0.15, -0.1) is 12.4 Å². The summed E-state index contributed by atoms with van der Waals surface area (Å²) in [6, 6.07) is 10.3. The van der Waals surface area contributed by atoms with Crippen molar-refractivity contribution < 1.29 is 4.79 Å². The second kappa shape index (κ2) is 9.33. The number of anilines is 1. The molecule has 0 bridgehead atoms. The van der Waals surface area contributed by atoms with Crippen molar-refractivity contribution in [3.8, 4) is 0 Å². The first-order valence-corrected chi connectivity index (χ1v) is 9.43. The van der Waals surface area contributed by atoms with E-state index < -0.39 is 0 Å². The standard InChI is InChI=1S/C20H29N5O.ClH/c1-20(2,16-7-5-4-6-8-16)12-9-17(26)22-19-23-18(24-25(19)3)15-10-13-21-14-11-15;/h4-8,15,21H,9-14H2,1-3H3,(H,22,23,24,26);1H. The van der Waals surface area contributed by atoms with Gasteiger partial charge in [-0.1, -0.05) is 44.2 Å². The molecule has 1 aliphatic rings. The zero-order chi connectivity index (χ0) is 18.6. The van der Waals surface area contributed by atoms with Gasteiger partial charge in [0.15, 0.2) is 5.82 Å². The molecule has 1 amide bonds. The van der Waals surface area contributed by atoms with Gasteiger partial charge in [-0.2, -0.15) is 10.1 Å². The van der Waals surface area contributed by atoms with E-state index in [2.05, 4.69) is 46.7 Å². The predicted molar refractivity (Wildman–Crippen MR) is 110 cm³/mol. The first-order valence-electron chi connectivity index (χ1n) is 9.43. The molecular weight excluding hydrogens is 362 g/mol. The second-order valence-corrected chi connectivity index (χ2v) is 7.74. The Balaban J connectivity index is 0.00000261. The van der Waals surface area contributed by atoms with Crippen molar-refractivity contribution in [1.82, 2.24) is 20.1 Å². The molecule has 1 aromatic carbocycles. The fourth-order valence-corrected chi connectivity index (χ4v) is 3.41. The summed E-state index contributed by atoms with van der Waals surface area (Å²) in [5.41, 5.74) is 1.21. The molecule has 2 heterocycles. The maximum absolute atomic E-state index is 12.4. The molecule has 1 saturated heterocycles. The largest absolute Gasteiger partial charge is 0.317 e. The minimum atomic E-state index is -0.0429. The molecule has 0 aliphatic carbocycles. The smallest absolute Gasteiger partial charge is 0.227 e. The van der Waals surface area contributed by atoms with Gasteiger partial charge in [0.25, 0.3) is 0 Å². The Kier molecular flexibility index (Phi) is 7.39. The number of halogens is 1. The molecule has 0 spiro atoms. The van der Waals surface area contributed by atoms with Crippen molar-refractivity contribution in [3.63, 3.8) is 0 Å². The van der Waals surface area contributed by atoms with Crippen LogP contribution >= 0.6 is 12.4 Å². The van der Waals surface area contributed by atoms with Gasteiger partial charge < -0.3 is 5.32 Å². The van der Waals surface area contributed by atoms with E-state index in [0.717, 1.165) is 38.2 Å². The summed E-state index contributed by atoms with van der Waals surface area (Å²) >= 11 is 0. The quantitative estimate of drug-likeness (QED) is 0.791. The van der Waals surface area contributed by atoms with Gasteiger partial charge in [0, 0.05) is 19.4 Å². The monoisotopic (exact) mass is 391 g/mol. The van der Waals surface area contributed by atoms with Crippen molar-refractivity contribution in [2.45, 2.75) is 50.9 Å². The number of carbonyl (C=O) groups excluding carboxylic acids is 1. The molecule has 7 heteroatoms. The van der Waals surface area contributed by atoms with E-state index in [4.69, 9.17) is 0 Å². The number of amides is 1. The molecule has 1 aliphatic heterocycles. The number of hydrogen-bond acceptors (Lipinski definition) is 4. The highest BCUT2D eigenvalue weighted by atomic mass is 35.5. The van der Waals surface area contributed by atoms with Crippen LogP contribution < -0.4 is 10.6 Å². The number of benzene rings is 1. The highest BCUT2D eigenvalue weighted by Gasteiger charge is 2.23. The highest BCUT2D eigenvalue weighted by Crippen LogP contribution is 2.28. The van der Waals surface area contributed by atoms with E-state index in [1.54, 1.807) is 4.68 Å². The van der Waals surface area contributed by atoms with Crippen molar-refractivity contribution in [2.24, 2.45) is 7.05 Å². The number of piperidine rings is 1. The van der Waals surface area contributed by atoms with Crippen LogP contribution in [0.25, 0.3) is 0 Å². The molecule has 6 nitrogen and oxygen atoms in total. The van der Waals surface area contributed by atoms with Gasteiger partial charge in [0.2, 0.25) is 11.9 Å². The number of aromatic nitrogens is 3. The maximum Gasteiger partial charge on any atom is 0.227 e. The molecule has 3 rings (SSSR count). The number of hydrogen-bond donors (Lipinski definition) is 2. The van der Waals surface area contributed by atoms with E-state index in [9.17, 15) is 4.79 Å². The van der Waals surface area contributed by atoms with E-state index in [1.807, 2.05) is 25.2 Å². The lowest BCUT2D eigenvalue weighted by molar-refractivity contribution is -0.116. The number of nitrogens with one attached hydrogen (secondary N) is 2. The minimum absolute atomic E-state index is 0. The zero-order valence-electron chi connectivity index (χ0n) is 16.4. The number of rotatable bonds is 6. The lowest BCUT2D eigenvalue weighted by Crippen LogP contribution is -2.27. The molecule has 1 fully saturated rings. The molecular formula is C20H30ClN5O. The van der Waals surface area contributed by atoms with E-state index in [0.29, 0.717) is 18.3 Å². The zero-order valence-corrected chi connectivity index (χ0v) is 17.2. The van der Waals surface area contributed by atoms with Gasteiger partial charge in [-0.3, -0.25) is 10.1 Å². The molecule has 2 N–H and O–H groups in total. The fraction of sp³-hybridized carbons (Fsp3) is 0.550. The van der Waals surface area contributed by atoms with Crippen LogP contribution in [0.4, 0.5) is 5.95 Å². The van der Waals surface area contributed by atoms with Crippen LogP contribution in [-0.4, -0.2) is 33.8 Å². The van der Waals surface area contributed by atoms with Crippen LogP contribution in [0, 0.1) is 0 Å². The number of aryl methyl sites for hydroxylation is 1. The SMILES string of the molecule is Cl.Cn1nc(C2CCNCC2)nc1NC(=O)CCC(C)(C)c1ccccc1. The van der Waals surface area contributed by atoms with E-state index in [-0.39, 0.29) is 23.7 Å². The van der Waals surface area contributed by atoms with Crippen LogP contribution in [0.15, 0.2) is 30.3 Å². The molecule has 1 aromatic heterocycles. The lowest BCUT2D eigenvalue weighted by atomic mass is 9.80. The summed E-state index contributed by atoms with van der Waals surface area (Å²) in [7, 11) is 1.83. The normalized spacial score (nSPS) is 15.2. The fourth-order valence-electron chi connectivity index (χ4n) is 3.41. The summed E-state index contributed by atoms with van der Waals surface area (Å²) in [5.74, 6) is 1.75. The van der Waals surface area contributed by atoms with Gasteiger partial charge in [0.1, 0.15) is 0 Å². The topological polar surface area (TPSA) is 71.8 Å². The Labute approximate surface area is 167 Å². The van der Waals surface area contributed by atoms with Gasteiger partial charge in [0.05, 0.1) is 0 Å². The number of carbonyl (C=O) groups is 1. The molecule has 0 atom stereocenters. The Morgan fingerprint density at radius 3 is 2.59 bits per heavy atom. The molecule has 27 heavy (non-hydrogen) atoms. The Morgan fingerprint density at radius 1 is 1.26 bits per heavy atom. The van der Waals surface area contributed by atoms with E-state index >= 15 is 0 Å². The van der Waals surface area contributed by atoms with Crippen LogP contribution in [0.3, 0.4) is 0 Å². The third kappa shape index (κ3) is 5.53. The Bertz CT molecular complexity index is 738. The first-order chi connectivity index (χ1) is 12.5. The lowest BCUT2D eigenvalue weighted by Gasteiger charge is -2.24.